The SMILES string of the molecule is CC[C@H]1CN(c2cc(-c3cnc(N)nc3)nc(N3CCC4(CC3)CC4)n2)[C@@H](C)CO1. The Hall–Kier alpha value is -2.48. The lowest BCUT2D eigenvalue weighted by atomic mass is 9.94. The summed E-state index contributed by atoms with van der Waals surface area (Å²) in [6.07, 6.45) is 9.97. The number of piperidine rings is 1. The van der Waals surface area contributed by atoms with Crippen LogP contribution in [0.1, 0.15) is 46.0 Å². The number of morpholine rings is 1. The van der Waals surface area contributed by atoms with Gasteiger partial charge in [0.05, 0.1) is 24.4 Å². The number of ether oxygens (including phenoxy) is 1. The maximum atomic E-state index is 5.97. The van der Waals surface area contributed by atoms with Crippen molar-refractivity contribution in [1.29, 1.82) is 0 Å². The molecule has 5 rings (SSSR count). The molecule has 4 heterocycles. The van der Waals surface area contributed by atoms with Gasteiger partial charge in [0.1, 0.15) is 5.82 Å². The number of aromatic nitrogens is 4. The molecule has 0 unspecified atom stereocenters. The Morgan fingerprint density at radius 3 is 2.53 bits per heavy atom. The summed E-state index contributed by atoms with van der Waals surface area (Å²) in [5.41, 5.74) is 8.01. The van der Waals surface area contributed by atoms with E-state index in [0.717, 1.165) is 49.1 Å². The number of hydrogen-bond acceptors (Lipinski definition) is 8. The molecular weight excluding hydrogens is 378 g/mol. The van der Waals surface area contributed by atoms with Crippen LogP contribution in [0.3, 0.4) is 0 Å². The van der Waals surface area contributed by atoms with Crippen LogP contribution in [0.25, 0.3) is 11.3 Å². The van der Waals surface area contributed by atoms with Crippen molar-refractivity contribution < 1.29 is 4.74 Å². The van der Waals surface area contributed by atoms with Gasteiger partial charge in [-0.3, -0.25) is 0 Å². The van der Waals surface area contributed by atoms with Crippen LogP contribution in [0.15, 0.2) is 18.5 Å². The van der Waals surface area contributed by atoms with E-state index in [1.807, 2.05) is 0 Å². The van der Waals surface area contributed by atoms with Crippen molar-refractivity contribution in [3.8, 4) is 11.3 Å². The minimum absolute atomic E-state index is 0.229. The van der Waals surface area contributed by atoms with Crippen molar-refractivity contribution >= 4 is 17.7 Å². The van der Waals surface area contributed by atoms with E-state index in [1.165, 1.54) is 25.7 Å². The zero-order valence-electron chi connectivity index (χ0n) is 17.9. The fourth-order valence-electron chi connectivity index (χ4n) is 4.57. The van der Waals surface area contributed by atoms with Crippen molar-refractivity contribution in [2.24, 2.45) is 5.41 Å². The topological polar surface area (TPSA) is 93.3 Å². The van der Waals surface area contributed by atoms with Crippen molar-refractivity contribution in [2.45, 2.75) is 58.1 Å². The summed E-state index contributed by atoms with van der Waals surface area (Å²) < 4.78 is 5.97. The maximum absolute atomic E-state index is 5.97. The van der Waals surface area contributed by atoms with Gasteiger partial charge in [-0.05, 0) is 44.4 Å². The third-order valence-corrected chi connectivity index (χ3v) is 6.99. The highest BCUT2D eigenvalue weighted by atomic mass is 16.5. The van der Waals surface area contributed by atoms with E-state index < -0.39 is 0 Å². The summed E-state index contributed by atoms with van der Waals surface area (Å²) in [6.45, 7) is 7.97. The van der Waals surface area contributed by atoms with E-state index in [1.54, 1.807) is 12.4 Å². The average molecular weight is 410 g/mol. The summed E-state index contributed by atoms with van der Waals surface area (Å²) in [5, 5.41) is 0. The zero-order valence-corrected chi connectivity index (χ0v) is 17.9. The van der Waals surface area contributed by atoms with E-state index in [4.69, 9.17) is 20.4 Å². The van der Waals surface area contributed by atoms with Gasteiger partial charge in [-0.2, -0.15) is 4.98 Å². The molecule has 2 saturated heterocycles. The average Bonchev–Trinajstić information content (AvgIpc) is 3.53. The highest BCUT2D eigenvalue weighted by Crippen LogP contribution is 2.53. The van der Waals surface area contributed by atoms with Crippen LogP contribution < -0.4 is 15.5 Å². The molecule has 30 heavy (non-hydrogen) atoms. The molecule has 0 bridgehead atoms. The Balaban J connectivity index is 1.50. The number of rotatable bonds is 4. The van der Waals surface area contributed by atoms with E-state index in [0.29, 0.717) is 12.0 Å². The monoisotopic (exact) mass is 409 g/mol. The van der Waals surface area contributed by atoms with Gasteiger partial charge in [-0.15, -0.1) is 0 Å². The number of hydrogen-bond donors (Lipinski definition) is 1. The first-order chi connectivity index (χ1) is 14.5. The van der Waals surface area contributed by atoms with E-state index in [2.05, 4.69) is 39.7 Å². The molecule has 2 N–H and O–H groups in total. The Bertz CT molecular complexity index is 889. The number of nitrogens with zero attached hydrogens (tertiary/aromatic N) is 6. The van der Waals surface area contributed by atoms with Gasteiger partial charge in [-0.25, -0.2) is 15.0 Å². The predicted molar refractivity (Wildman–Crippen MR) is 117 cm³/mol. The second-order valence-corrected chi connectivity index (χ2v) is 9.09. The van der Waals surface area contributed by atoms with Gasteiger partial charge in [-0.1, -0.05) is 6.92 Å². The summed E-state index contributed by atoms with van der Waals surface area (Å²) in [6, 6.07) is 2.32. The molecule has 2 aliphatic heterocycles. The van der Waals surface area contributed by atoms with Gasteiger partial charge in [0, 0.05) is 43.7 Å². The molecule has 2 aromatic heterocycles. The van der Waals surface area contributed by atoms with Gasteiger partial charge < -0.3 is 20.3 Å². The van der Waals surface area contributed by atoms with Gasteiger partial charge in [0.15, 0.2) is 0 Å². The first-order valence-electron chi connectivity index (χ1n) is 11.2. The second kappa shape index (κ2) is 7.65. The molecule has 0 radical (unpaired) electrons. The smallest absolute Gasteiger partial charge is 0.227 e. The summed E-state index contributed by atoms with van der Waals surface area (Å²) >= 11 is 0. The lowest BCUT2D eigenvalue weighted by molar-refractivity contribution is 0.0204. The molecule has 8 nitrogen and oxygen atoms in total. The van der Waals surface area contributed by atoms with E-state index in [-0.39, 0.29) is 18.1 Å². The molecule has 2 atom stereocenters. The molecule has 0 aromatic carbocycles. The number of nitrogen functional groups attached to an aromatic ring is 1. The molecule has 1 aliphatic carbocycles. The first kappa shape index (κ1) is 19.5. The Kier molecular flexibility index (Phi) is 4.97. The molecule has 0 amide bonds. The number of nitrogens with two attached hydrogens (primary N) is 1. The van der Waals surface area contributed by atoms with Crippen LogP contribution in [-0.2, 0) is 4.74 Å². The van der Waals surface area contributed by atoms with E-state index in [9.17, 15) is 0 Å². The fourth-order valence-corrected chi connectivity index (χ4v) is 4.57. The molecule has 1 spiro atoms. The van der Waals surface area contributed by atoms with Crippen LogP contribution in [-0.4, -0.2) is 58.3 Å². The first-order valence-corrected chi connectivity index (χ1v) is 11.2. The maximum Gasteiger partial charge on any atom is 0.227 e. The molecule has 3 aliphatic rings. The van der Waals surface area contributed by atoms with Crippen LogP contribution >= 0.6 is 0 Å². The largest absolute Gasteiger partial charge is 0.374 e. The van der Waals surface area contributed by atoms with Crippen LogP contribution in [0, 0.1) is 5.41 Å². The summed E-state index contributed by atoms with van der Waals surface area (Å²) in [5.74, 6) is 2.03. The second-order valence-electron chi connectivity index (χ2n) is 9.09. The minimum atomic E-state index is 0.229. The molecule has 3 fully saturated rings. The molecular formula is C22H31N7O. The van der Waals surface area contributed by atoms with Crippen molar-refractivity contribution in [2.75, 3.05) is 41.8 Å². The van der Waals surface area contributed by atoms with Crippen molar-refractivity contribution in [3.05, 3.63) is 18.5 Å². The Morgan fingerprint density at radius 2 is 1.87 bits per heavy atom. The van der Waals surface area contributed by atoms with Gasteiger partial charge >= 0.3 is 0 Å². The normalized spacial score (nSPS) is 25.5. The minimum Gasteiger partial charge on any atom is -0.374 e. The lowest BCUT2D eigenvalue weighted by Crippen LogP contribution is -2.48. The standard InChI is InChI=1S/C22H31N7O/c1-3-17-13-29(15(2)14-30-17)19-10-18(16-11-24-20(23)25-12-16)26-21(27-19)28-8-6-22(4-5-22)7-9-28/h10-12,15,17H,3-9,13-14H2,1-2H3,(H2,23,24,25)/t15-,17-/m0/s1. The molecule has 8 heteroatoms. The van der Waals surface area contributed by atoms with Crippen molar-refractivity contribution in [3.63, 3.8) is 0 Å². The zero-order chi connectivity index (χ0) is 20.7. The molecule has 2 aromatic rings. The Morgan fingerprint density at radius 1 is 1.13 bits per heavy atom. The predicted octanol–water partition coefficient (Wildman–Crippen LogP) is 2.90. The molecule has 1 saturated carbocycles. The van der Waals surface area contributed by atoms with Gasteiger partial charge in [0.25, 0.3) is 0 Å². The summed E-state index contributed by atoms with van der Waals surface area (Å²) in [7, 11) is 0. The highest BCUT2D eigenvalue weighted by Gasteiger charge is 2.44. The van der Waals surface area contributed by atoms with Crippen LogP contribution in [0.4, 0.5) is 17.7 Å². The Labute approximate surface area is 177 Å². The summed E-state index contributed by atoms with van der Waals surface area (Å²) in [4.78, 5) is 23.0. The van der Waals surface area contributed by atoms with E-state index >= 15 is 0 Å². The third-order valence-electron chi connectivity index (χ3n) is 6.99. The van der Waals surface area contributed by atoms with Crippen molar-refractivity contribution in [1.82, 2.24) is 19.9 Å². The molecule has 160 valence electrons. The van der Waals surface area contributed by atoms with Crippen LogP contribution in [0.5, 0.6) is 0 Å². The lowest BCUT2D eigenvalue weighted by Gasteiger charge is -2.39. The highest BCUT2D eigenvalue weighted by molar-refractivity contribution is 5.64. The quantitative estimate of drug-likeness (QED) is 0.824. The number of anilines is 3. The van der Waals surface area contributed by atoms with Crippen LogP contribution in [0.2, 0.25) is 0 Å². The van der Waals surface area contributed by atoms with Gasteiger partial charge in [0.2, 0.25) is 11.9 Å². The third kappa shape index (κ3) is 3.80. The fraction of sp³-hybridized carbons (Fsp3) is 0.636.